The minimum atomic E-state index is -0.148. The highest BCUT2D eigenvalue weighted by Crippen LogP contribution is 2.25. The third-order valence-electron chi connectivity index (χ3n) is 2.63. The Morgan fingerprint density at radius 2 is 2.29 bits per heavy atom. The van der Waals surface area contributed by atoms with Crippen LogP contribution in [-0.4, -0.2) is 30.4 Å². The van der Waals surface area contributed by atoms with Gasteiger partial charge in [-0.25, -0.2) is 5.06 Å². The number of halogens is 1. The molecule has 92 valence electrons. The molecule has 0 aliphatic carbocycles. The van der Waals surface area contributed by atoms with Gasteiger partial charge in [-0.3, -0.25) is 9.63 Å². The van der Waals surface area contributed by atoms with E-state index >= 15 is 0 Å². The fraction of sp³-hybridized carbons (Fsp3) is 0.417. The first-order valence-corrected chi connectivity index (χ1v) is 7.11. The molecule has 0 aromatic heterocycles. The van der Waals surface area contributed by atoms with Gasteiger partial charge in [-0.15, -0.1) is 11.8 Å². The number of hydrogen-bond acceptors (Lipinski definition) is 3. The molecule has 1 fully saturated rings. The fourth-order valence-electron chi connectivity index (χ4n) is 1.69. The Bertz CT molecular complexity index is 419. The van der Waals surface area contributed by atoms with E-state index in [1.807, 2.05) is 18.4 Å². The number of nitrogens with zero attached hydrogens (tertiary/aromatic N) is 1. The maximum absolute atomic E-state index is 12.2. The topological polar surface area (TPSA) is 29.5 Å². The molecule has 1 aliphatic heterocycles. The van der Waals surface area contributed by atoms with Crippen molar-refractivity contribution in [3.05, 3.63) is 28.8 Å². The summed E-state index contributed by atoms with van der Waals surface area (Å²) in [5.41, 5.74) is 0.514. The Kier molecular flexibility index (Phi) is 4.31. The van der Waals surface area contributed by atoms with Crippen molar-refractivity contribution in [3.63, 3.8) is 0 Å². The Morgan fingerprint density at radius 1 is 1.47 bits per heavy atom. The summed E-state index contributed by atoms with van der Waals surface area (Å²) in [7, 11) is 0. The first kappa shape index (κ1) is 12.7. The van der Waals surface area contributed by atoms with E-state index in [0.29, 0.717) is 23.7 Å². The molecule has 1 saturated heterocycles. The van der Waals surface area contributed by atoms with Crippen LogP contribution in [0.15, 0.2) is 23.1 Å². The van der Waals surface area contributed by atoms with Gasteiger partial charge in [-0.05, 0) is 37.3 Å². The van der Waals surface area contributed by atoms with Crippen molar-refractivity contribution in [1.82, 2.24) is 5.06 Å². The molecular weight excluding hydrogens is 258 g/mol. The lowest BCUT2D eigenvalue weighted by molar-refractivity contribution is -0.144. The summed E-state index contributed by atoms with van der Waals surface area (Å²) in [5, 5.41) is 1.89. The lowest BCUT2D eigenvalue weighted by atomic mass is 10.2. The molecule has 2 rings (SSSR count). The Labute approximate surface area is 110 Å². The van der Waals surface area contributed by atoms with E-state index in [-0.39, 0.29) is 5.91 Å². The second-order valence-corrected chi connectivity index (χ2v) is 5.08. The third-order valence-corrected chi connectivity index (χ3v) is 3.69. The van der Waals surface area contributed by atoms with Crippen LogP contribution >= 0.6 is 23.4 Å². The van der Waals surface area contributed by atoms with Crippen LogP contribution in [0.5, 0.6) is 0 Å². The monoisotopic (exact) mass is 271 g/mol. The summed E-state index contributed by atoms with van der Waals surface area (Å²) in [5.74, 6) is -0.148. The smallest absolute Gasteiger partial charge is 0.271 e. The van der Waals surface area contributed by atoms with E-state index in [2.05, 4.69) is 0 Å². The molecule has 0 saturated carbocycles. The molecule has 1 heterocycles. The molecule has 1 aliphatic rings. The summed E-state index contributed by atoms with van der Waals surface area (Å²) in [6.07, 6.45) is 3.95. The van der Waals surface area contributed by atoms with E-state index in [9.17, 15) is 4.79 Å². The zero-order valence-corrected chi connectivity index (χ0v) is 11.2. The Hall–Kier alpha value is -0.710. The van der Waals surface area contributed by atoms with E-state index in [0.717, 1.165) is 17.7 Å². The molecule has 0 unspecified atom stereocenters. The van der Waals surface area contributed by atoms with Gasteiger partial charge in [0.25, 0.3) is 5.91 Å². The maximum atomic E-state index is 12.2. The predicted molar refractivity (Wildman–Crippen MR) is 69.5 cm³/mol. The summed E-state index contributed by atoms with van der Waals surface area (Å²) < 4.78 is 0. The number of amides is 1. The number of benzene rings is 1. The number of rotatable bonds is 2. The molecule has 0 spiro atoms. The van der Waals surface area contributed by atoms with E-state index in [1.165, 1.54) is 5.06 Å². The average Bonchev–Trinajstić information content (AvgIpc) is 2.39. The van der Waals surface area contributed by atoms with Gasteiger partial charge in [-0.2, -0.15) is 0 Å². The number of thioether (sulfide) groups is 1. The van der Waals surface area contributed by atoms with E-state index < -0.39 is 0 Å². The molecule has 0 N–H and O–H groups in total. The van der Waals surface area contributed by atoms with Crippen LogP contribution in [0.2, 0.25) is 5.02 Å². The second-order valence-electron chi connectivity index (χ2n) is 3.79. The van der Waals surface area contributed by atoms with Crippen molar-refractivity contribution in [2.24, 2.45) is 0 Å². The van der Waals surface area contributed by atoms with Gasteiger partial charge in [0.1, 0.15) is 0 Å². The van der Waals surface area contributed by atoms with Crippen LogP contribution in [0.3, 0.4) is 0 Å². The second kappa shape index (κ2) is 5.76. The molecule has 0 bridgehead atoms. The highest BCUT2D eigenvalue weighted by Gasteiger charge is 2.21. The highest BCUT2D eigenvalue weighted by molar-refractivity contribution is 7.98. The quantitative estimate of drug-likeness (QED) is 0.774. The number of carbonyl (C=O) groups is 1. The minimum Gasteiger partial charge on any atom is -0.271 e. The van der Waals surface area contributed by atoms with Crippen LogP contribution in [-0.2, 0) is 4.84 Å². The third kappa shape index (κ3) is 2.94. The molecular formula is C12H14ClNO2S. The van der Waals surface area contributed by atoms with Crippen LogP contribution < -0.4 is 0 Å². The molecule has 17 heavy (non-hydrogen) atoms. The van der Waals surface area contributed by atoms with E-state index in [1.54, 1.807) is 17.8 Å². The van der Waals surface area contributed by atoms with Crippen LogP contribution in [0.1, 0.15) is 23.2 Å². The van der Waals surface area contributed by atoms with Crippen molar-refractivity contribution in [1.29, 1.82) is 0 Å². The number of hydroxylamine groups is 2. The maximum Gasteiger partial charge on any atom is 0.278 e. The van der Waals surface area contributed by atoms with Gasteiger partial charge in [0.05, 0.1) is 17.2 Å². The highest BCUT2D eigenvalue weighted by atomic mass is 35.5. The van der Waals surface area contributed by atoms with E-state index in [4.69, 9.17) is 16.4 Å². The van der Waals surface area contributed by atoms with Gasteiger partial charge in [0.2, 0.25) is 0 Å². The van der Waals surface area contributed by atoms with Crippen LogP contribution in [0.25, 0.3) is 0 Å². The van der Waals surface area contributed by atoms with Crippen molar-refractivity contribution >= 4 is 29.3 Å². The predicted octanol–water partition coefficient (Wildman–Crippen LogP) is 3.23. The SMILES string of the molecule is CSc1ccc(Cl)c(C(=O)N2CCCCO2)c1. The minimum absolute atomic E-state index is 0.148. The normalized spacial score (nSPS) is 16.0. The van der Waals surface area contributed by atoms with Crippen molar-refractivity contribution in [2.45, 2.75) is 17.7 Å². The lowest BCUT2D eigenvalue weighted by Gasteiger charge is -2.26. The Balaban J connectivity index is 2.22. The molecule has 1 amide bonds. The summed E-state index contributed by atoms with van der Waals surface area (Å²) in [6.45, 7) is 1.24. The standard InChI is InChI=1S/C12H14ClNO2S/c1-17-9-4-5-11(13)10(8-9)12(15)14-6-2-3-7-16-14/h4-5,8H,2-3,6-7H2,1H3. The van der Waals surface area contributed by atoms with Gasteiger partial charge >= 0.3 is 0 Å². The zero-order valence-electron chi connectivity index (χ0n) is 9.61. The zero-order chi connectivity index (χ0) is 12.3. The molecule has 1 aromatic rings. The summed E-state index contributed by atoms with van der Waals surface area (Å²) >= 11 is 7.64. The molecule has 1 aromatic carbocycles. The van der Waals surface area contributed by atoms with Gasteiger partial charge in [0.15, 0.2) is 0 Å². The number of hydrogen-bond donors (Lipinski definition) is 0. The Morgan fingerprint density at radius 3 is 2.94 bits per heavy atom. The van der Waals surface area contributed by atoms with Crippen molar-refractivity contribution in [2.75, 3.05) is 19.4 Å². The molecule has 3 nitrogen and oxygen atoms in total. The largest absolute Gasteiger partial charge is 0.278 e. The molecule has 0 radical (unpaired) electrons. The van der Waals surface area contributed by atoms with Gasteiger partial charge in [0, 0.05) is 11.4 Å². The van der Waals surface area contributed by atoms with Gasteiger partial charge in [-0.1, -0.05) is 11.6 Å². The first-order chi connectivity index (χ1) is 8.22. The summed E-state index contributed by atoms with van der Waals surface area (Å²) in [4.78, 5) is 18.6. The van der Waals surface area contributed by atoms with Crippen LogP contribution in [0, 0.1) is 0 Å². The van der Waals surface area contributed by atoms with Crippen molar-refractivity contribution in [3.8, 4) is 0 Å². The number of carbonyl (C=O) groups excluding carboxylic acids is 1. The van der Waals surface area contributed by atoms with Gasteiger partial charge < -0.3 is 0 Å². The van der Waals surface area contributed by atoms with Crippen molar-refractivity contribution < 1.29 is 9.63 Å². The first-order valence-electron chi connectivity index (χ1n) is 5.50. The molecule has 5 heteroatoms. The van der Waals surface area contributed by atoms with Crippen LogP contribution in [0.4, 0.5) is 0 Å². The fourth-order valence-corrected chi connectivity index (χ4v) is 2.32. The summed E-state index contributed by atoms with van der Waals surface area (Å²) in [6, 6.07) is 5.47. The average molecular weight is 272 g/mol. The molecule has 0 atom stereocenters. The lowest BCUT2D eigenvalue weighted by Crippen LogP contribution is -2.35.